The van der Waals surface area contributed by atoms with Crippen LogP contribution in [0.5, 0.6) is 0 Å². The van der Waals surface area contributed by atoms with E-state index in [1.165, 1.54) is 0 Å². The Morgan fingerprint density at radius 3 is 2.35 bits per heavy atom. The van der Waals surface area contributed by atoms with Crippen LogP contribution < -0.4 is 21.1 Å². The lowest BCUT2D eigenvalue weighted by Crippen LogP contribution is -2.47. The molecule has 0 N–H and O–H groups in total. The summed E-state index contributed by atoms with van der Waals surface area (Å²) in [4.78, 5) is 2.27. The minimum atomic E-state index is -2.98. The number of para-hydroxylation sites is 2. The zero-order valence-corrected chi connectivity index (χ0v) is 17.3. The van der Waals surface area contributed by atoms with Gasteiger partial charge >= 0.3 is 6.57 Å². The van der Waals surface area contributed by atoms with Crippen molar-refractivity contribution in [2.75, 3.05) is 4.81 Å². The minimum Gasteiger partial charge on any atom is -0.467 e. The van der Waals surface area contributed by atoms with Crippen molar-refractivity contribution in [2.24, 2.45) is 0 Å². The molecule has 5 aromatic rings. The van der Waals surface area contributed by atoms with Gasteiger partial charge in [-0.3, -0.25) is 0 Å². The van der Waals surface area contributed by atoms with Crippen molar-refractivity contribution in [3.05, 3.63) is 91.0 Å². The second kappa shape index (κ2) is 5.22. The van der Waals surface area contributed by atoms with Crippen molar-refractivity contribution in [1.29, 1.82) is 0 Å². The van der Waals surface area contributed by atoms with Crippen LogP contribution in [-0.4, -0.2) is 6.57 Å². The van der Waals surface area contributed by atoms with Gasteiger partial charge in [-0.25, -0.2) is 0 Å². The van der Waals surface area contributed by atoms with E-state index in [0.717, 1.165) is 60.9 Å². The molecule has 4 heterocycles. The van der Waals surface area contributed by atoms with Crippen LogP contribution in [0.1, 0.15) is 0 Å². The Morgan fingerprint density at radius 2 is 1.42 bits per heavy atom. The summed E-state index contributed by atoms with van der Waals surface area (Å²) in [6.07, 6.45) is 0. The predicted molar refractivity (Wildman–Crippen MR) is 128 cm³/mol. The SMILES string of the molecule is O=P12B3c4oc5ccccc5c4-c4ccccc4N3c3cccc(c31)-c1ccccc12. The Morgan fingerprint density at radius 1 is 0.710 bits per heavy atom. The Hall–Kier alpha value is -3.49. The topological polar surface area (TPSA) is 33.5 Å². The summed E-state index contributed by atoms with van der Waals surface area (Å²) in [6, 6.07) is 31.1. The van der Waals surface area contributed by atoms with Crippen molar-refractivity contribution in [2.45, 2.75) is 0 Å². The van der Waals surface area contributed by atoms with Gasteiger partial charge in [0.15, 0.2) is 0 Å². The van der Waals surface area contributed by atoms with E-state index in [2.05, 4.69) is 59.4 Å². The van der Waals surface area contributed by atoms with Gasteiger partial charge in [-0.15, -0.1) is 0 Å². The molecule has 4 aromatic carbocycles. The van der Waals surface area contributed by atoms with Gasteiger partial charge in [0.25, 0.3) is 0 Å². The number of hydrogen-bond acceptors (Lipinski definition) is 3. The maximum absolute atomic E-state index is 15.2. The lowest BCUT2D eigenvalue weighted by Gasteiger charge is -2.33. The van der Waals surface area contributed by atoms with E-state index >= 15 is 4.57 Å². The Labute approximate surface area is 179 Å². The van der Waals surface area contributed by atoms with E-state index in [0.29, 0.717) is 0 Å². The highest BCUT2D eigenvalue weighted by atomic mass is 31.2. The lowest BCUT2D eigenvalue weighted by atomic mass is 9.74. The standard InChI is InChI=1S/C26H15BNO2P/c29-31-23-15-6-3-8-16(23)17-11-7-13-21(25(17)31)28-20-12-4-1-9-18(20)24-19-10-2-5-14-22(19)30-26(24)27(28)31/h1-15H. The molecule has 8 rings (SSSR count). The molecule has 144 valence electrons. The first-order chi connectivity index (χ1) is 15.3. The number of rotatable bonds is 0. The molecule has 0 amide bonds. The second-order valence-corrected chi connectivity index (χ2v) is 11.2. The van der Waals surface area contributed by atoms with E-state index in [9.17, 15) is 0 Å². The highest BCUT2D eigenvalue weighted by molar-refractivity contribution is 8.09. The summed E-state index contributed by atoms with van der Waals surface area (Å²) in [7, 11) is -2.98. The summed E-state index contributed by atoms with van der Waals surface area (Å²) >= 11 is 0. The normalized spacial score (nSPS) is 19.1. The fourth-order valence-electron chi connectivity index (χ4n) is 5.92. The van der Waals surface area contributed by atoms with Crippen molar-refractivity contribution in [3.63, 3.8) is 0 Å². The van der Waals surface area contributed by atoms with Crippen molar-refractivity contribution in [1.82, 2.24) is 0 Å². The Balaban J connectivity index is 1.59. The largest absolute Gasteiger partial charge is 0.467 e. The first kappa shape index (κ1) is 16.2. The first-order valence-corrected chi connectivity index (χ1v) is 12.3. The van der Waals surface area contributed by atoms with Crippen LogP contribution in [0.4, 0.5) is 11.4 Å². The van der Waals surface area contributed by atoms with Crippen LogP contribution >= 0.6 is 7.02 Å². The number of furan rings is 1. The smallest absolute Gasteiger partial charge is 0.417 e. The molecule has 0 saturated carbocycles. The highest BCUT2D eigenvalue weighted by Crippen LogP contribution is 2.65. The molecule has 3 aliphatic heterocycles. The zero-order valence-electron chi connectivity index (χ0n) is 16.4. The van der Waals surface area contributed by atoms with Crippen molar-refractivity contribution < 1.29 is 8.98 Å². The molecule has 0 radical (unpaired) electrons. The van der Waals surface area contributed by atoms with Gasteiger partial charge in [0.2, 0.25) is 0 Å². The maximum atomic E-state index is 15.2. The molecule has 0 aliphatic carbocycles. The second-order valence-electron chi connectivity index (χ2n) is 8.45. The van der Waals surface area contributed by atoms with E-state index < -0.39 is 7.02 Å². The van der Waals surface area contributed by atoms with Crippen LogP contribution in [0.15, 0.2) is 95.4 Å². The molecule has 0 bridgehead atoms. The van der Waals surface area contributed by atoms with Gasteiger partial charge in [-0.05, 0) is 29.3 Å². The van der Waals surface area contributed by atoms with Crippen molar-refractivity contribution >= 4 is 52.2 Å². The van der Waals surface area contributed by atoms with E-state index in [4.69, 9.17) is 4.42 Å². The van der Waals surface area contributed by atoms with Crippen LogP contribution in [0.2, 0.25) is 0 Å². The summed E-state index contributed by atoms with van der Waals surface area (Å²) in [5, 5.41) is 3.03. The van der Waals surface area contributed by atoms with Gasteiger partial charge < -0.3 is 13.8 Å². The minimum absolute atomic E-state index is 0.357. The quantitative estimate of drug-likeness (QED) is 0.256. The van der Waals surface area contributed by atoms with Crippen LogP contribution in [0, 0.1) is 0 Å². The molecule has 3 nitrogen and oxygen atoms in total. The fourth-order valence-corrected chi connectivity index (χ4v) is 9.69. The number of nitrogens with zero attached hydrogens (tertiary/aromatic N) is 1. The average Bonchev–Trinajstić information content (AvgIpc) is 3.42. The van der Waals surface area contributed by atoms with Gasteiger partial charge in [0, 0.05) is 38.5 Å². The van der Waals surface area contributed by atoms with Gasteiger partial charge in [-0.2, -0.15) is 0 Å². The molecule has 5 heteroatoms. The van der Waals surface area contributed by atoms with Gasteiger partial charge in [-0.1, -0.05) is 72.8 Å². The zero-order chi connectivity index (χ0) is 20.3. The third-order valence-electron chi connectivity index (χ3n) is 7.04. The maximum Gasteiger partial charge on any atom is 0.417 e. The predicted octanol–water partition coefficient (Wildman–Crippen LogP) is 5.25. The van der Waals surface area contributed by atoms with Crippen molar-refractivity contribution in [3.8, 4) is 22.3 Å². The number of anilines is 2. The van der Waals surface area contributed by atoms with Crippen LogP contribution in [0.3, 0.4) is 0 Å². The molecular formula is C26H15BNO2P. The summed E-state index contributed by atoms with van der Waals surface area (Å²) in [5.41, 5.74) is 8.22. The Bertz CT molecular complexity index is 1650. The van der Waals surface area contributed by atoms with Crippen LogP contribution in [0.25, 0.3) is 33.2 Å². The molecule has 1 atom stereocenters. The molecule has 1 unspecified atom stereocenters. The number of fused-ring (bicyclic) bond motifs is 13. The lowest BCUT2D eigenvalue weighted by molar-refractivity contribution is 0.594. The number of benzene rings is 4. The van der Waals surface area contributed by atoms with Crippen LogP contribution in [-0.2, 0) is 4.57 Å². The first-order valence-electron chi connectivity index (χ1n) is 10.5. The summed E-state index contributed by atoms with van der Waals surface area (Å²) in [5.74, 6) is 0. The average molecular weight is 415 g/mol. The van der Waals surface area contributed by atoms with E-state index in [-0.39, 0.29) is 6.57 Å². The van der Waals surface area contributed by atoms with Gasteiger partial charge in [0.05, 0.1) is 0 Å². The number of hydrogen-bond donors (Lipinski definition) is 0. The molecule has 0 spiro atoms. The van der Waals surface area contributed by atoms with Gasteiger partial charge in [0.1, 0.15) is 18.3 Å². The molecule has 31 heavy (non-hydrogen) atoms. The molecule has 0 fully saturated rings. The molecular weight excluding hydrogens is 400 g/mol. The molecule has 3 aliphatic rings. The third-order valence-corrected chi connectivity index (χ3v) is 10.4. The Kier molecular flexibility index (Phi) is 2.73. The van der Waals surface area contributed by atoms with E-state index in [1.54, 1.807) is 0 Å². The fraction of sp³-hybridized carbons (Fsp3) is 0. The summed E-state index contributed by atoms with van der Waals surface area (Å²) in [6.45, 7) is -0.357. The summed E-state index contributed by atoms with van der Waals surface area (Å²) < 4.78 is 21.7. The third kappa shape index (κ3) is 1.68. The van der Waals surface area contributed by atoms with E-state index in [1.807, 2.05) is 36.4 Å². The monoisotopic (exact) mass is 415 g/mol. The highest BCUT2D eigenvalue weighted by Gasteiger charge is 2.62. The molecule has 1 aromatic heterocycles. The molecule has 0 saturated heterocycles.